The van der Waals surface area contributed by atoms with Crippen molar-refractivity contribution in [2.75, 3.05) is 5.32 Å². The van der Waals surface area contributed by atoms with Crippen LogP contribution in [0, 0.1) is 0 Å². The lowest BCUT2D eigenvalue weighted by molar-refractivity contribution is 0.0977. The lowest BCUT2D eigenvalue weighted by atomic mass is 10.1. The van der Waals surface area contributed by atoms with E-state index in [2.05, 4.69) is 26.6 Å². The molecular weight excluding hydrogens is 388 g/mol. The number of hydrogen-bond donors (Lipinski definition) is 3. The molecule has 0 fully saturated rings. The van der Waals surface area contributed by atoms with Crippen molar-refractivity contribution in [3.05, 3.63) is 70.7 Å². The van der Waals surface area contributed by atoms with Crippen LogP contribution >= 0.6 is 28.1 Å². The van der Waals surface area contributed by atoms with Gasteiger partial charge in [0.2, 0.25) is 0 Å². The molecule has 0 atom stereocenters. The number of anilines is 1. The summed E-state index contributed by atoms with van der Waals surface area (Å²) in [6, 6.07) is 18.1. The molecule has 3 aromatic rings. The van der Waals surface area contributed by atoms with E-state index in [1.54, 1.807) is 24.3 Å². The van der Waals surface area contributed by atoms with Crippen LogP contribution < -0.4 is 10.6 Å². The van der Waals surface area contributed by atoms with E-state index in [4.69, 9.17) is 12.2 Å². The van der Waals surface area contributed by atoms with Crippen LogP contribution in [0.25, 0.3) is 10.8 Å². The van der Waals surface area contributed by atoms with E-state index in [0.29, 0.717) is 15.7 Å². The smallest absolute Gasteiger partial charge is 0.258 e. The first-order chi connectivity index (χ1) is 11.6. The molecular formula is C18H13BrN2O2S. The number of benzene rings is 3. The van der Waals surface area contributed by atoms with E-state index in [1.165, 1.54) is 0 Å². The molecule has 3 rings (SSSR count). The van der Waals surface area contributed by atoms with Gasteiger partial charge in [-0.05, 0) is 51.7 Å². The number of fused-ring (bicyclic) bond motifs is 1. The second-order valence-electron chi connectivity index (χ2n) is 5.07. The summed E-state index contributed by atoms with van der Waals surface area (Å²) in [4.78, 5) is 12.3. The van der Waals surface area contributed by atoms with Crippen molar-refractivity contribution in [2.24, 2.45) is 0 Å². The van der Waals surface area contributed by atoms with Gasteiger partial charge in [0.05, 0.1) is 11.3 Å². The largest absolute Gasteiger partial charge is 0.506 e. The van der Waals surface area contributed by atoms with E-state index >= 15 is 0 Å². The van der Waals surface area contributed by atoms with Gasteiger partial charge in [0.1, 0.15) is 5.75 Å². The number of carbonyl (C=O) groups is 1. The summed E-state index contributed by atoms with van der Waals surface area (Å²) in [6.45, 7) is 0. The molecule has 0 aromatic heterocycles. The topological polar surface area (TPSA) is 61.4 Å². The van der Waals surface area contributed by atoms with Crippen molar-refractivity contribution in [1.82, 2.24) is 5.32 Å². The molecule has 120 valence electrons. The summed E-state index contributed by atoms with van der Waals surface area (Å²) in [5, 5.41) is 17.5. The molecule has 0 aliphatic rings. The van der Waals surface area contributed by atoms with Crippen LogP contribution in [0.1, 0.15) is 10.4 Å². The van der Waals surface area contributed by atoms with Gasteiger partial charge in [-0.15, -0.1) is 0 Å². The quantitative estimate of drug-likeness (QED) is 0.439. The fourth-order valence-corrected chi connectivity index (χ4v) is 3.01. The molecule has 0 heterocycles. The van der Waals surface area contributed by atoms with Crippen LogP contribution in [-0.2, 0) is 0 Å². The SMILES string of the molecule is O=C(NC(=S)Nc1c(O)ccc2ccccc12)c1ccccc1Br. The highest BCUT2D eigenvalue weighted by Gasteiger charge is 2.13. The molecule has 24 heavy (non-hydrogen) atoms. The Labute approximate surface area is 152 Å². The minimum atomic E-state index is -0.334. The van der Waals surface area contributed by atoms with Crippen molar-refractivity contribution in [2.45, 2.75) is 0 Å². The molecule has 4 nitrogen and oxygen atoms in total. The van der Waals surface area contributed by atoms with E-state index in [0.717, 1.165) is 10.8 Å². The highest BCUT2D eigenvalue weighted by Crippen LogP contribution is 2.32. The zero-order chi connectivity index (χ0) is 17.1. The van der Waals surface area contributed by atoms with Gasteiger partial charge < -0.3 is 10.4 Å². The van der Waals surface area contributed by atoms with Gasteiger partial charge in [-0.25, -0.2) is 0 Å². The Morgan fingerprint density at radius 1 is 1.00 bits per heavy atom. The number of carbonyl (C=O) groups excluding carboxylic acids is 1. The van der Waals surface area contributed by atoms with Gasteiger partial charge in [0, 0.05) is 9.86 Å². The third-order valence-corrected chi connectivity index (χ3v) is 4.39. The Bertz CT molecular complexity index is 943. The van der Waals surface area contributed by atoms with Gasteiger partial charge in [-0.3, -0.25) is 10.1 Å². The minimum Gasteiger partial charge on any atom is -0.506 e. The first-order valence-corrected chi connectivity index (χ1v) is 8.34. The zero-order valence-corrected chi connectivity index (χ0v) is 14.8. The maximum absolute atomic E-state index is 12.3. The summed E-state index contributed by atoms with van der Waals surface area (Å²) in [7, 11) is 0. The Kier molecular flexibility index (Phi) is 4.78. The van der Waals surface area contributed by atoms with Crippen molar-refractivity contribution < 1.29 is 9.90 Å². The Hall–Kier alpha value is -2.44. The lowest BCUT2D eigenvalue weighted by Gasteiger charge is -2.13. The second kappa shape index (κ2) is 6.98. The Morgan fingerprint density at radius 3 is 2.50 bits per heavy atom. The summed E-state index contributed by atoms with van der Waals surface area (Å²) < 4.78 is 0.679. The molecule has 3 aromatic carbocycles. The number of rotatable bonds is 2. The van der Waals surface area contributed by atoms with Crippen LogP contribution in [0.3, 0.4) is 0 Å². The van der Waals surface area contributed by atoms with Gasteiger partial charge in [0.15, 0.2) is 5.11 Å². The number of hydrogen-bond acceptors (Lipinski definition) is 3. The van der Waals surface area contributed by atoms with Gasteiger partial charge >= 0.3 is 0 Å². The Balaban J connectivity index is 1.82. The fraction of sp³-hybridized carbons (Fsp3) is 0. The predicted octanol–water partition coefficient (Wildman–Crippen LogP) is 4.43. The molecule has 1 amide bonds. The zero-order valence-electron chi connectivity index (χ0n) is 12.4. The maximum atomic E-state index is 12.3. The van der Waals surface area contributed by atoms with E-state index in [9.17, 15) is 9.90 Å². The molecule has 3 N–H and O–H groups in total. The number of amides is 1. The second-order valence-corrected chi connectivity index (χ2v) is 6.33. The van der Waals surface area contributed by atoms with Crippen LogP contribution in [0.5, 0.6) is 5.75 Å². The molecule has 0 unspecified atom stereocenters. The highest BCUT2D eigenvalue weighted by molar-refractivity contribution is 9.10. The van der Waals surface area contributed by atoms with E-state index in [1.807, 2.05) is 36.4 Å². The van der Waals surface area contributed by atoms with Crippen LogP contribution in [0.4, 0.5) is 5.69 Å². The Morgan fingerprint density at radius 2 is 1.71 bits per heavy atom. The molecule has 0 spiro atoms. The predicted molar refractivity (Wildman–Crippen MR) is 103 cm³/mol. The number of phenolic OH excluding ortho intramolecular Hbond substituents is 1. The third-order valence-electron chi connectivity index (χ3n) is 3.49. The normalized spacial score (nSPS) is 10.4. The molecule has 0 aliphatic carbocycles. The summed E-state index contributed by atoms with van der Waals surface area (Å²) in [5.41, 5.74) is 0.939. The van der Waals surface area contributed by atoms with Gasteiger partial charge in [0.25, 0.3) is 5.91 Å². The van der Waals surface area contributed by atoms with E-state index in [-0.39, 0.29) is 16.8 Å². The highest BCUT2D eigenvalue weighted by atomic mass is 79.9. The number of thiocarbonyl (C=S) groups is 1. The van der Waals surface area contributed by atoms with Gasteiger partial charge in [-0.2, -0.15) is 0 Å². The molecule has 6 heteroatoms. The molecule has 0 saturated heterocycles. The monoisotopic (exact) mass is 400 g/mol. The minimum absolute atomic E-state index is 0.0613. The average molecular weight is 401 g/mol. The first-order valence-electron chi connectivity index (χ1n) is 7.14. The van der Waals surface area contributed by atoms with Crippen molar-refractivity contribution in [3.8, 4) is 5.75 Å². The van der Waals surface area contributed by atoms with Gasteiger partial charge in [-0.1, -0.05) is 42.5 Å². The first kappa shape index (κ1) is 16.4. The van der Waals surface area contributed by atoms with E-state index < -0.39 is 0 Å². The standard InChI is InChI=1S/C18H13BrN2O2S/c19-14-8-4-3-7-13(14)17(23)21-18(24)20-16-12-6-2-1-5-11(12)9-10-15(16)22/h1-10,22H,(H2,20,21,23,24). The molecule has 0 saturated carbocycles. The molecule has 0 radical (unpaired) electrons. The summed E-state index contributed by atoms with van der Waals surface area (Å²) in [5.74, 6) is -0.272. The van der Waals surface area contributed by atoms with Crippen LogP contribution in [-0.4, -0.2) is 16.1 Å². The number of nitrogens with one attached hydrogen (secondary N) is 2. The van der Waals surface area contributed by atoms with Crippen molar-refractivity contribution in [1.29, 1.82) is 0 Å². The lowest BCUT2D eigenvalue weighted by Crippen LogP contribution is -2.34. The fourth-order valence-electron chi connectivity index (χ4n) is 2.35. The third kappa shape index (κ3) is 3.39. The number of phenols is 1. The summed E-state index contributed by atoms with van der Waals surface area (Å²) >= 11 is 8.54. The molecule has 0 aliphatic heterocycles. The van der Waals surface area contributed by atoms with Crippen LogP contribution in [0.15, 0.2) is 65.1 Å². The van der Waals surface area contributed by atoms with Crippen LogP contribution in [0.2, 0.25) is 0 Å². The van der Waals surface area contributed by atoms with Crippen molar-refractivity contribution >= 4 is 55.6 Å². The van der Waals surface area contributed by atoms with Crippen molar-refractivity contribution in [3.63, 3.8) is 0 Å². The maximum Gasteiger partial charge on any atom is 0.258 e. The number of halogens is 1. The molecule has 0 bridgehead atoms. The summed E-state index contributed by atoms with van der Waals surface area (Å²) in [6.07, 6.45) is 0. The number of aromatic hydroxyl groups is 1. The average Bonchev–Trinajstić information content (AvgIpc) is 2.58.